The Kier molecular flexibility index (Phi) is 4.80. The quantitative estimate of drug-likeness (QED) is 0.908. The number of benzene rings is 1. The van der Waals surface area contributed by atoms with Gasteiger partial charge in [-0.3, -0.25) is 9.69 Å². The molecule has 1 aliphatic carbocycles. The second kappa shape index (κ2) is 7.06. The number of morpholine rings is 1. The number of fused-ring (bicyclic) bond motifs is 2. The third-order valence-electron chi connectivity index (χ3n) is 6.00. The van der Waals surface area contributed by atoms with E-state index < -0.39 is 0 Å². The summed E-state index contributed by atoms with van der Waals surface area (Å²) < 4.78 is 5.88. The normalized spacial score (nSPS) is 29.4. The summed E-state index contributed by atoms with van der Waals surface area (Å²) in [6, 6.07) is 6.68. The number of nitrogens with zero attached hydrogens (tertiary/aromatic N) is 2. The van der Waals surface area contributed by atoms with Crippen LogP contribution in [-0.2, 0) is 16.0 Å². The van der Waals surface area contributed by atoms with Crippen LogP contribution in [-0.4, -0.2) is 60.9 Å². The molecule has 1 unspecified atom stereocenters. The highest BCUT2D eigenvalue weighted by atomic mass is 16.5. The van der Waals surface area contributed by atoms with Gasteiger partial charge in [0.2, 0.25) is 5.91 Å². The summed E-state index contributed by atoms with van der Waals surface area (Å²) in [5.74, 6) is 0.502. The molecule has 2 heterocycles. The summed E-state index contributed by atoms with van der Waals surface area (Å²) in [6.45, 7) is 5.08. The lowest BCUT2D eigenvalue weighted by molar-refractivity contribution is -0.123. The molecule has 4 rings (SSSR count). The highest BCUT2D eigenvalue weighted by Crippen LogP contribution is 2.34. The van der Waals surface area contributed by atoms with Crippen LogP contribution >= 0.6 is 0 Å². The van der Waals surface area contributed by atoms with E-state index in [9.17, 15) is 9.90 Å². The standard InChI is InChI=1S/C20H28N2O3/c1-14-4-5-17-16(9-14)3-2-6-22(17)20(24)12-21-7-8-25-19-11-15(13-23)10-18(19)21/h4-5,9,15,18-19,23H,2-3,6-8,10-13H2,1H3/t15-,18+,19?/m1/s1. The molecule has 0 aromatic heterocycles. The molecule has 136 valence electrons. The molecular formula is C20H28N2O3. The molecule has 1 N–H and O–H groups in total. The Hall–Kier alpha value is -1.43. The van der Waals surface area contributed by atoms with Gasteiger partial charge in [0.25, 0.3) is 0 Å². The summed E-state index contributed by atoms with van der Waals surface area (Å²) in [4.78, 5) is 17.3. The fourth-order valence-electron chi connectivity index (χ4n) is 4.72. The predicted octanol–water partition coefficient (Wildman–Crippen LogP) is 1.75. The average molecular weight is 344 g/mol. The molecule has 1 aromatic rings. The number of hydrogen-bond donors (Lipinski definition) is 1. The van der Waals surface area contributed by atoms with Crippen LogP contribution in [0.2, 0.25) is 0 Å². The largest absolute Gasteiger partial charge is 0.396 e. The van der Waals surface area contributed by atoms with E-state index in [1.54, 1.807) is 0 Å². The number of aliphatic hydroxyl groups excluding tert-OH is 1. The summed E-state index contributed by atoms with van der Waals surface area (Å²) in [5.41, 5.74) is 3.64. The number of aliphatic hydroxyl groups is 1. The minimum Gasteiger partial charge on any atom is -0.396 e. The van der Waals surface area contributed by atoms with Crippen LogP contribution in [0.15, 0.2) is 18.2 Å². The first-order valence-electron chi connectivity index (χ1n) is 9.52. The molecule has 0 radical (unpaired) electrons. The third kappa shape index (κ3) is 3.33. The molecule has 1 aromatic carbocycles. The Labute approximate surface area is 149 Å². The molecule has 5 nitrogen and oxygen atoms in total. The van der Waals surface area contributed by atoms with Gasteiger partial charge in [-0.2, -0.15) is 0 Å². The Bertz CT molecular complexity index is 648. The van der Waals surface area contributed by atoms with Crippen LogP contribution < -0.4 is 4.90 Å². The van der Waals surface area contributed by atoms with Crippen LogP contribution in [0.3, 0.4) is 0 Å². The van der Waals surface area contributed by atoms with E-state index in [-0.39, 0.29) is 24.7 Å². The molecule has 1 saturated carbocycles. The van der Waals surface area contributed by atoms with Crippen molar-refractivity contribution in [2.24, 2.45) is 5.92 Å². The number of amides is 1. The van der Waals surface area contributed by atoms with E-state index in [2.05, 4.69) is 30.0 Å². The molecule has 3 aliphatic rings. The van der Waals surface area contributed by atoms with Gasteiger partial charge in [-0.15, -0.1) is 0 Å². The third-order valence-corrected chi connectivity index (χ3v) is 6.00. The minimum atomic E-state index is 0.176. The Morgan fingerprint density at radius 3 is 3.04 bits per heavy atom. The van der Waals surface area contributed by atoms with E-state index in [0.29, 0.717) is 19.1 Å². The van der Waals surface area contributed by atoms with Crippen molar-refractivity contribution in [1.82, 2.24) is 4.90 Å². The van der Waals surface area contributed by atoms with Gasteiger partial charge in [-0.05, 0) is 50.2 Å². The SMILES string of the molecule is Cc1ccc2c(c1)CCCN2C(=O)CN1CCOC2C[C@H](CO)C[C@@H]21. The number of aryl methyl sites for hydroxylation is 2. The van der Waals surface area contributed by atoms with Crippen molar-refractivity contribution in [2.45, 2.75) is 44.8 Å². The van der Waals surface area contributed by atoms with Crippen molar-refractivity contribution in [2.75, 3.05) is 37.7 Å². The zero-order valence-electron chi connectivity index (χ0n) is 15.0. The lowest BCUT2D eigenvalue weighted by atomic mass is 9.99. The number of hydrogen-bond acceptors (Lipinski definition) is 4. The maximum absolute atomic E-state index is 13.0. The van der Waals surface area contributed by atoms with Gasteiger partial charge in [0.05, 0.1) is 19.3 Å². The van der Waals surface area contributed by atoms with Crippen LogP contribution in [0.1, 0.15) is 30.4 Å². The summed E-state index contributed by atoms with van der Waals surface area (Å²) in [7, 11) is 0. The lowest BCUT2D eigenvalue weighted by Gasteiger charge is -2.39. The average Bonchev–Trinajstić information content (AvgIpc) is 3.05. The van der Waals surface area contributed by atoms with Crippen molar-refractivity contribution >= 4 is 11.6 Å². The van der Waals surface area contributed by atoms with E-state index in [1.807, 2.05) is 4.90 Å². The highest BCUT2D eigenvalue weighted by Gasteiger charge is 2.41. The van der Waals surface area contributed by atoms with E-state index >= 15 is 0 Å². The first-order chi connectivity index (χ1) is 12.2. The zero-order valence-corrected chi connectivity index (χ0v) is 15.0. The number of rotatable bonds is 3. The molecule has 5 heteroatoms. The van der Waals surface area contributed by atoms with Gasteiger partial charge in [-0.25, -0.2) is 0 Å². The summed E-state index contributed by atoms with van der Waals surface area (Å²) in [5, 5.41) is 9.47. The van der Waals surface area contributed by atoms with E-state index in [1.165, 1.54) is 11.1 Å². The van der Waals surface area contributed by atoms with Gasteiger partial charge < -0.3 is 14.7 Å². The highest BCUT2D eigenvalue weighted by molar-refractivity contribution is 5.96. The molecule has 25 heavy (non-hydrogen) atoms. The first kappa shape index (κ1) is 17.0. The fraction of sp³-hybridized carbons (Fsp3) is 0.650. The van der Waals surface area contributed by atoms with E-state index in [0.717, 1.165) is 44.5 Å². The first-order valence-corrected chi connectivity index (χ1v) is 9.52. The second-order valence-corrected chi connectivity index (χ2v) is 7.75. The monoisotopic (exact) mass is 344 g/mol. The Morgan fingerprint density at radius 2 is 2.20 bits per heavy atom. The van der Waals surface area contributed by atoms with Crippen molar-refractivity contribution < 1.29 is 14.6 Å². The molecule has 2 aliphatic heterocycles. The molecule has 3 atom stereocenters. The maximum atomic E-state index is 13.0. The van der Waals surface area contributed by atoms with Crippen LogP contribution in [0.5, 0.6) is 0 Å². The second-order valence-electron chi connectivity index (χ2n) is 7.75. The maximum Gasteiger partial charge on any atom is 0.241 e. The van der Waals surface area contributed by atoms with Gasteiger partial charge in [0.1, 0.15) is 0 Å². The Balaban J connectivity index is 1.47. The van der Waals surface area contributed by atoms with Crippen LogP contribution in [0.25, 0.3) is 0 Å². The zero-order chi connectivity index (χ0) is 17.4. The number of carbonyl (C=O) groups excluding carboxylic acids is 1. The van der Waals surface area contributed by atoms with Gasteiger partial charge >= 0.3 is 0 Å². The number of anilines is 1. The minimum absolute atomic E-state index is 0.176. The predicted molar refractivity (Wildman–Crippen MR) is 96.8 cm³/mol. The van der Waals surface area contributed by atoms with Gasteiger partial charge in [0.15, 0.2) is 0 Å². The summed E-state index contributed by atoms with van der Waals surface area (Å²) >= 11 is 0. The van der Waals surface area contributed by atoms with E-state index in [4.69, 9.17) is 4.74 Å². The topological polar surface area (TPSA) is 53.0 Å². The molecule has 0 spiro atoms. The van der Waals surface area contributed by atoms with Gasteiger partial charge in [0, 0.05) is 31.4 Å². The van der Waals surface area contributed by atoms with Crippen molar-refractivity contribution in [3.8, 4) is 0 Å². The van der Waals surface area contributed by atoms with Crippen LogP contribution in [0.4, 0.5) is 5.69 Å². The number of carbonyl (C=O) groups is 1. The lowest BCUT2D eigenvalue weighted by Crippen LogP contribution is -2.53. The van der Waals surface area contributed by atoms with Crippen molar-refractivity contribution in [1.29, 1.82) is 0 Å². The molecule has 0 bridgehead atoms. The van der Waals surface area contributed by atoms with Crippen LogP contribution in [0, 0.1) is 12.8 Å². The molecule has 2 fully saturated rings. The van der Waals surface area contributed by atoms with Crippen molar-refractivity contribution in [3.05, 3.63) is 29.3 Å². The molecule has 1 saturated heterocycles. The van der Waals surface area contributed by atoms with Gasteiger partial charge in [-0.1, -0.05) is 17.7 Å². The van der Waals surface area contributed by atoms with Crippen molar-refractivity contribution in [3.63, 3.8) is 0 Å². The number of ether oxygens (including phenoxy) is 1. The molecular weight excluding hydrogens is 316 g/mol. The fourth-order valence-corrected chi connectivity index (χ4v) is 4.72. The summed E-state index contributed by atoms with van der Waals surface area (Å²) in [6.07, 6.45) is 4.11. The smallest absolute Gasteiger partial charge is 0.241 e. The Morgan fingerprint density at radius 1 is 1.32 bits per heavy atom. The molecule has 1 amide bonds.